The van der Waals surface area contributed by atoms with E-state index < -0.39 is 0 Å². The van der Waals surface area contributed by atoms with Crippen LogP contribution >= 0.6 is 11.3 Å². The van der Waals surface area contributed by atoms with Crippen LogP contribution in [-0.2, 0) is 0 Å². The van der Waals surface area contributed by atoms with Crippen molar-refractivity contribution in [2.75, 3.05) is 5.73 Å². The van der Waals surface area contributed by atoms with Gasteiger partial charge in [0.1, 0.15) is 6.07 Å². The predicted octanol–water partition coefficient (Wildman–Crippen LogP) is 3.38. The molecule has 0 saturated carbocycles. The second-order valence-electron chi connectivity index (χ2n) is 2.47. The first kappa shape index (κ1) is 10.6. The summed E-state index contributed by atoms with van der Waals surface area (Å²) in [5, 5.41) is 11.7. The SMILES string of the molecule is CC.N#Cc1c(N)ccc2sccc12. The van der Waals surface area contributed by atoms with Gasteiger partial charge in [0.2, 0.25) is 0 Å². The van der Waals surface area contributed by atoms with Crippen LogP contribution in [0.25, 0.3) is 10.1 Å². The van der Waals surface area contributed by atoms with Crippen molar-refractivity contribution >= 4 is 27.1 Å². The summed E-state index contributed by atoms with van der Waals surface area (Å²) in [6.07, 6.45) is 0. The highest BCUT2D eigenvalue weighted by Gasteiger charge is 2.04. The molecule has 1 aromatic heterocycles. The first-order valence-electron chi connectivity index (χ1n) is 4.48. The average molecular weight is 204 g/mol. The van der Waals surface area contributed by atoms with Gasteiger partial charge in [-0.05, 0) is 23.6 Å². The molecule has 2 aromatic rings. The molecule has 0 aliphatic rings. The lowest BCUT2D eigenvalue weighted by Gasteiger charge is -1.96. The minimum atomic E-state index is 0.559. The first-order chi connectivity index (χ1) is 6.83. The van der Waals surface area contributed by atoms with Crippen molar-refractivity contribution in [2.24, 2.45) is 0 Å². The molecule has 0 fully saturated rings. The van der Waals surface area contributed by atoms with Gasteiger partial charge in [-0.2, -0.15) is 5.26 Å². The average Bonchev–Trinajstić information content (AvgIpc) is 2.69. The molecular formula is C11H12N2S. The molecule has 0 bridgehead atoms. The smallest absolute Gasteiger partial charge is 0.102 e. The van der Waals surface area contributed by atoms with Crippen LogP contribution < -0.4 is 5.73 Å². The number of fused-ring (bicyclic) bond motifs is 1. The lowest BCUT2D eigenvalue weighted by Crippen LogP contribution is -1.89. The Morgan fingerprint density at radius 3 is 2.64 bits per heavy atom. The van der Waals surface area contributed by atoms with Crippen molar-refractivity contribution in [2.45, 2.75) is 13.8 Å². The standard InChI is InChI=1S/C9H6N2S.C2H6/c10-5-7-6-3-4-12-9(6)2-1-8(7)11;1-2/h1-4H,11H2;1-2H3. The fourth-order valence-electron chi connectivity index (χ4n) is 1.19. The molecule has 2 nitrogen and oxygen atoms in total. The summed E-state index contributed by atoms with van der Waals surface area (Å²) in [5.41, 5.74) is 6.79. The predicted molar refractivity (Wildman–Crippen MR) is 62.3 cm³/mol. The molecule has 0 unspecified atom stereocenters. The van der Waals surface area contributed by atoms with E-state index >= 15 is 0 Å². The summed E-state index contributed by atoms with van der Waals surface area (Å²) in [6, 6.07) is 7.75. The van der Waals surface area contributed by atoms with E-state index in [-0.39, 0.29) is 0 Å². The third-order valence-corrected chi connectivity index (χ3v) is 2.66. The zero-order valence-electron chi connectivity index (χ0n) is 8.24. The largest absolute Gasteiger partial charge is 0.398 e. The highest BCUT2D eigenvalue weighted by atomic mass is 32.1. The second kappa shape index (κ2) is 4.64. The Morgan fingerprint density at radius 1 is 1.29 bits per heavy atom. The number of hydrogen-bond acceptors (Lipinski definition) is 3. The Morgan fingerprint density at radius 2 is 2.00 bits per heavy atom. The molecule has 72 valence electrons. The number of thiophene rings is 1. The summed E-state index contributed by atoms with van der Waals surface area (Å²) in [7, 11) is 0. The van der Waals surface area contributed by atoms with Crippen LogP contribution in [0.2, 0.25) is 0 Å². The zero-order chi connectivity index (χ0) is 10.6. The maximum Gasteiger partial charge on any atom is 0.102 e. The molecule has 3 heteroatoms. The number of hydrogen-bond donors (Lipinski definition) is 1. The van der Waals surface area contributed by atoms with Gasteiger partial charge in [0.25, 0.3) is 0 Å². The number of nitrogens with zero attached hydrogens (tertiary/aromatic N) is 1. The van der Waals surface area contributed by atoms with Crippen molar-refractivity contribution in [3.63, 3.8) is 0 Å². The van der Waals surface area contributed by atoms with E-state index in [1.165, 1.54) is 0 Å². The number of rotatable bonds is 0. The summed E-state index contributed by atoms with van der Waals surface area (Å²) >= 11 is 1.62. The highest BCUT2D eigenvalue weighted by Crippen LogP contribution is 2.27. The molecule has 0 saturated heterocycles. The summed E-state index contributed by atoms with van der Waals surface area (Å²) in [5.74, 6) is 0. The van der Waals surface area contributed by atoms with Crippen molar-refractivity contribution in [3.05, 3.63) is 29.1 Å². The van der Waals surface area contributed by atoms with Crippen LogP contribution in [-0.4, -0.2) is 0 Å². The molecule has 1 aromatic carbocycles. The van der Waals surface area contributed by atoms with Gasteiger partial charge in [0.05, 0.1) is 11.3 Å². The number of benzene rings is 1. The van der Waals surface area contributed by atoms with Gasteiger partial charge in [-0.1, -0.05) is 13.8 Å². The summed E-state index contributed by atoms with van der Waals surface area (Å²) in [4.78, 5) is 0. The van der Waals surface area contributed by atoms with E-state index in [9.17, 15) is 0 Å². The Hall–Kier alpha value is -1.53. The molecule has 0 amide bonds. The Kier molecular flexibility index (Phi) is 3.49. The van der Waals surface area contributed by atoms with Crippen LogP contribution in [0.5, 0.6) is 0 Å². The van der Waals surface area contributed by atoms with E-state index in [4.69, 9.17) is 11.0 Å². The molecular weight excluding hydrogens is 192 g/mol. The fourth-order valence-corrected chi connectivity index (χ4v) is 1.98. The molecule has 0 radical (unpaired) electrons. The Balaban J connectivity index is 0.000000461. The maximum absolute atomic E-state index is 8.81. The van der Waals surface area contributed by atoms with E-state index in [1.807, 2.05) is 31.4 Å². The fraction of sp³-hybridized carbons (Fsp3) is 0.182. The zero-order valence-corrected chi connectivity index (χ0v) is 9.06. The number of nitriles is 1. The third kappa shape index (κ3) is 1.70. The van der Waals surface area contributed by atoms with E-state index in [0.717, 1.165) is 10.1 Å². The molecule has 0 atom stereocenters. The van der Waals surface area contributed by atoms with Gasteiger partial charge in [-0.25, -0.2) is 0 Å². The van der Waals surface area contributed by atoms with E-state index in [2.05, 4.69) is 6.07 Å². The topological polar surface area (TPSA) is 49.8 Å². The highest BCUT2D eigenvalue weighted by molar-refractivity contribution is 7.17. The minimum Gasteiger partial charge on any atom is -0.398 e. The van der Waals surface area contributed by atoms with Gasteiger partial charge in [-0.15, -0.1) is 11.3 Å². The molecule has 0 aliphatic carbocycles. The molecule has 0 aliphatic heterocycles. The summed E-state index contributed by atoms with van der Waals surface area (Å²) in [6.45, 7) is 4.00. The van der Waals surface area contributed by atoms with Gasteiger partial charge in [0.15, 0.2) is 0 Å². The third-order valence-electron chi connectivity index (χ3n) is 1.78. The molecule has 1 heterocycles. The quantitative estimate of drug-likeness (QED) is 0.669. The molecule has 2 N–H and O–H groups in total. The van der Waals surface area contributed by atoms with Crippen LogP contribution in [0.15, 0.2) is 23.6 Å². The number of nitrogens with two attached hydrogens (primary N) is 1. The maximum atomic E-state index is 8.81. The number of anilines is 1. The second-order valence-corrected chi connectivity index (χ2v) is 3.42. The molecule has 14 heavy (non-hydrogen) atoms. The van der Waals surface area contributed by atoms with Crippen molar-refractivity contribution in [1.29, 1.82) is 5.26 Å². The van der Waals surface area contributed by atoms with Gasteiger partial charge in [-0.3, -0.25) is 0 Å². The normalized spacial score (nSPS) is 8.93. The lowest BCUT2D eigenvalue weighted by molar-refractivity contribution is 1.50. The van der Waals surface area contributed by atoms with Gasteiger partial charge < -0.3 is 5.73 Å². The van der Waals surface area contributed by atoms with Crippen molar-refractivity contribution < 1.29 is 0 Å². The van der Waals surface area contributed by atoms with E-state index in [0.29, 0.717) is 11.3 Å². The van der Waals surface area contributed by atoms with Gasteiger partial charge >= 0.3 is 0 Å². The van der Waals surface area contributed by atoms with Crippen molar-refractivity contribution in [3.8, 4) is 6.07 Å². The monoisotopic (exact) mass is 204 g/mol. The minimum absolute atomic E-state index is 0.559. The first-order valence-corrected chi connectivity index (χ1v) is 5.36. The lowest BCUT2D eigenvalue weighted by atomic mass is 10.1. The summed E-state index contributed by atoms with van der Waals surface area (Å²) < 4.78 is 1.11. The van der Waals surface area contributed by atoms with Crippen LogP contribution in [0.4, 0.5) is 5.69 Å². The van der Waals surface area contributed by atoms with Crippen molar-refractivity contribution in [1.82, 2.24) is 0 Å². The Labute approximate surface area is 87.6 Å². The molecule has 2 rings (SSSR count). The van der Waals surface area contributed by atoms with E-state index in [1.54, 1.807) is 17.4 Å². The van der Waals surface area contributed by atoms with Crippen LogP contribution in [0.3, 0.4) is 0 Å². The van der Waals surface area contributed by atoms with Gasteiger partial charge in [0, 0.05) is 10.1 Å². The number of nitrogen functional groups attached to an aromatic ring is 1. The van der Waals surface area contributed by atoms with Crippen LogP contribution in [0, 0.1) is 11.3 Å². The van der Waals surface area contributed by atoms with Crippen LogP contribution in [0.1, 0.15) is 19.4 Å². The molecule has 0 spiro atoms. The Bertz CT molecular complexity index is 466.